The molecule has 0 N–H and O–H groups in total. The number of nitrogens with zero attached hydrogens (tertiary/aromatic N) is 1. The summed E-state index contributed by atoms with van der Waals surface area (Å²) in [6.45, 7) is 2.83. The molecule has 1 aliphatic heterocycles. The maximum absolute atomic E-state index is 12.9. The van der Waals surface area contributed by atoms with Crippen LogP contribution in [-0.4, -0.2) is 16.0 Å². The third kappa shape index (κ3) is 6.31. The zero-order valence-corrected chi connectivity index (χ0v) is 24.8. The highest BCUT2D eigenvalue weighted by atomic mass is 127. The summed E-state index contributed by atoms with van der Waals surface area (Å²) in [6, 6.07) is 20.0. The Balaban J connectivity index is 1.49. The lowest BCUT2D eigenvalue weighted by molar-refractivity contribution is -0.123. The van der Waals surface area contributed by atoms with Crippen molar-refractivity contribution in [3.8, 4) is 5.75 Å². The van der Waals surface area contributed by atoms with Crippen molar-refractivity contribution in [1.29, 1.82) is 0 Å². The number of thioether (sulfide) groups is 1. The molecule has 0 saturated carbocycles. The number of hydrogen-bond donors (Lipinski definition) is 0. The summed E-state index contributed by atoms with van der Waals surface area (Å²) < 4.78 is 9.10. The molecule has 2 amide bonds. The maximum Gasteiger partial charge on any atom is 0.293 e. The largest absolute Gasteiger partial charge is 0.487 e. The van der Waals surface area contributed by atoms with Crippen molar-refractivity contribution in [2.75, 3.05) is 0 Å². The molecular formula is C25H18I3NO3S. The molecule has 0 spiro atoms. The van der Waals surface area contributed by atoms with E-state index in [2.05, 4.69) is 99.0 Å². The van der Waals surface area contributed by atoms with Crippen LogP contribution in [0, 0.1) is 17.6 Å². The molecule has 168 valence electrons. The Morgan fingerprint density at radius 1 is 0.909 bits per heavy atom. The highest BCUT2D eigenvalue weighted by molar-refractivity contribution is 14.1. The first-order chi connectivity index (χ1) is 15.8. The van der Waals surface area contributed by atoms with Gasteiger partial charge in [-0.1, -0.05) is 42.0 Å². The first kappa shape index (κ1) is 25.0. The predicted molar refractivity (Wildman–Crippen MR) is 158 cm³/mol. The molecule has 3 aromatic rings. The van der Waals surface area contributed by atoms with E-state index in [-0.39, 0.29) is 17.7 Å². The Labute approximate surface area is 238 Å². The van der Waals surface area contributed by atoms with Crippen LogP contribution in [0.5, 0.6) is 5.75 Å². The number of ether oxygens (including phenoxy) is 1. The quantitative estimate of drug-likeness (QED) is 0.191. The topological polar surface area (TPSA) is 46.6 Å². The molecule has 3 aromatic carbocycles. The van der Waals surface area contributed by atoms with Crippen molar-refractivity contribution in [3.05, 3.63) is 98.5 Å². The number of rotatable bonds is 6. The van der Waals surface area contributed by atoms with Gasteiger partial charge in [0.15, 0.2) is 0 Å². The Kier molecular flexibility index (Phi) is 8.39. The maximum atomic E-state index is 12.9. The van der Waals surface area contributed by atoms with Crippen molar-refractivity contribution in [2.24, 2.45) is 0 Å². The fraction of sp³-hybridized carbons (Fsp3) is 0.120. The number of aryl methyl sites for hydroxylation is 1. The van der Waals surface area contributed by atoms with E-state index in [0.29, 0.717) is 11.5 Å². The van der Waals surface area contributed by atoms with E-state index in [1.54, 1.807) is 6.08 Å². The zero-order valence-electron chi connectivity index (χ0n) is 17.5. The van der Waals surface area contributed by atoms with Crippen LogP contribution in [0.25, 0.3) is 6.08 Å². The Morgan fingerprint density at radius 3 is 2.15 bits per heavy atom. The molecule has 0 aliphatic carbocycles. The molecule has 1 aliphatic rings. The van der Waals surface area contributed by atoms with Crippen molar-refractivity contribution in [3.63, 3.8) is 0 Å². The van der Waals surface area contributed by atoms with Gasteiger partial charge in [0.1, 0.15) is 12.4 Å². The van der Waals surface area contributed by atoms with E-state index in [9.17, 15) is 9.59 Å². The summed E-state index contributed by atoms with van der Waals surface area (Å²) in [5.74, 6) is 0.564. The fourth-order valence-corrected chi connectivity index (χ4v) is 6.53. The Morgan fingerprint density at radius 2 is 1.52 bits per heavy atom. The summed E-state index contributed by atoms with van der Waals surface area (Å²) in [7, 11) is 0. The van der Waals surface area contributed by atoms with Crippen molar-refractivity contribution < 1.29 is 14.3 Å². The van der Waals surface area contributed by atoms with E-state index < -0.39 is 0 Å². The summed E-state index contributed by atoms with van der Waals surface area (Å²) in [5, 5.41) is -0.243. The lowest BCUT2D eigenvalue weighted by atomic mass is 10.1. The fourth-order valence-electron chi connectivity index (χ4n) is 3.20. The van der Waals surface area contributed by atoms with E-state index in [4.69, 9.17) is 4.74 Å². The molecule has 0 aromatic heterocycles. The van der Waals surface area contributed by atoms with Gasteiger partial charge in [0.25, 0.3) is 11.1 Å². The molecule has 4 nitrogen and oxygen atoms in total. The normalized spacial score (nSPS) is 14.9. The number of carbonyl (C=O) groups excluding carboxylic acids is 2. The predicted octanol–water partition coefficient (Wildman–Crippen LogP) is 7.62. The van der Waals surface area contributed by atoms with Gasteiger partial charge in [0, 0.05) is 3.57 Å². The smallest absolute Gasteiger partial charge is 0.293 e. The van der Waals surface area contributed by atoms with Crippen LogP contribution < -0.4 is 4.74 Å². The molecule has 0 bridgehead atoms. The molecule has 0 atom stereocenters. The molecule has 1 saturated heterocycles. The van der Waals surface area contributed by atoms with Crippen LogP contribution in [0.4, 0.5) is 4.79 Å². The second-order valence-corrected chi connectivity index (χ2v) is 12.0. The number of benzene rings is 3. The lowest BCUT2D eigenvalue weighted by Gasteiger charge is -2.13. The van der Waals surface area contributed by atoms with Crippen LogP contribution in [-0.2, 0) is 17.9 Å². The number of imide groups is 1. The molecular weight excluding hydrogens is 775 g/mol. The molecule has 33 heavy (non-hydrogen) atoms. The van der Waals surface area contributed by atoms with Gasteiger partial charge >= 0.3 is 0 Å². The Hall–Kier alpha value is -1.12. The average molecular weight is 793 g/mol. The number of carbonyl (C=O) groups is 2. The average Bonchev–Trinajstić information content (AvgIpc) is 3.03. The van der Waals surface area contributed by atoms with Gasteiger partial charge in [-0.25, -0.2) is 0 Å². The highest BCUT2D eigenvalue weighted by Gasteiger charge is 2.35. The highest BCUT2D eigenvalue weighted by Crippen LogP contribution is 2.35. The second-order valence-electron chi connectivity index (χ2n) is 7.48. The minimum Gasteiger partial charge on any atom is -0.487 e. The van der Waals surface area contributed by atoms with Crippen LogP contribution in [0.2, 0.25) is 0 Å². The molecule has 1 fully saturated rings. The minimum absolute atomic E-state index is 0.243. The van der Waals surface area contributed by atoms with E-state index in [1.165, 1.54) is 10.5 Å². The van der Waals surface area contributed by atoms with Crippen LogP contribution in [0.3, 0.4) is 0 Å². The second kappa shape index (κ2) is 11.1. The zero-order chi connectivity index (χ0) is 23.5. The molecule has 4 rings (SSSR count). The van der Waals surface area contributed by atoms with Crippen LogP contribution in [0.15, 0.2) is 65.6 Å². The van der Waals surface area contributed by atoms with Gasteiger partial charge in [-0.05, 0) is 133 Å². The standard InChI is InChI=1S/C25H18I3NO3S/c1-15-2-4-17(5-3-15)14-32-23-20(27)10-18(11-21(23)28)12-22-24(30)29(25(31)33-22)13-16-6-8-19(26)9-7-16/h2-12H,13-14H2,1H3/b22-12-. The molecule has 8 heteroatoms. The summed E-state index contributed by atoms with van der Waals surface area (Å²) in [6.07, 6.45) is 1.78. The monoisotopic (exact) mass is 793 g/mol. The minimum atomic E-state index is -0.256. The lowest BCUT2D eigenvalue weighted by Crippen LogP contribution is -2.27. The summed E-state index contributed by atoms with van der Waals surface area (Å²) in [4.78, 5) is 27.1. The molecule has 1 heterocycles. The SMILES string of the molecule is Cc1ccc(COc2c(I)cc(/C=C3\SC(=O)N(Cc4ccc(I)cc4)C3=O)cc2I)cc1. The van der Waals surface area contributed by atoms with Crippen LogP contribution >= 0.6 is 79.5 Å². The third-order valence-corrected chi connectivity index (χ3v) is 8.18. The van der Waals surface area contributed by atoms with Crippen molar-refractivity contribution in [1.82, 2.24) is 4.90 Å². The van der Waals surface area contributed by atoms with Crippen molar-refractivity contribution >= 4 is 96.8 Å². The summed E-state index contributed by atoms with van der Waals surface area (Å²) in [5.41, 5.74) is 4.12. The van der Waals surface area contributed by atoms with E-state index in [1.807, 2.05) is 36.4 Å². The van der Waals surface area contributed by atoms with Gasteiger partial charge < -0.3 is 4.74 Å². The number of halogens is 3. The molecule has 0 radical (unpaired) electrons. The third-order valence-electron chi connectivity index (χ3n) is 4.95. The van der Waals surface area contributed by atoms with Gasteiger partial charge in [-0.2, -0.15) is 0 Å². The van der Waals surface area contributed by atoms with Gasteiger partial charge in [-0.15, -0.1) is 0 Å². The first-order valence-corrected chi connectivity index (χ1v) is 14.0. The van der Waals surface area contributed by atoms with E-state index >= 15 is 0 Å². The van der Waals surface area contributed by atoms with Gasteiger partial charge in [0.05, 0.1) is 18.6 Å². The first-order valence-electron chi connectivity index (χ1n) is 9.97. The van der Waals surface area contributed by atoms with Gasteiger partial charge in [0.2, 0.25) is 0 Å². The van der Waals surface area contributed by atoms with E-state index in [0.717, 1.165) is 44.9 Å². The van der Waals surface area contributed by atoms with Gasteiger partial charge in [-0.3, -0.25) is 14.5 Å². The summed E-state index contributed by atoms with van der Waals surface area (Å²) >= 11 is 7.71. The Bertz CT molecular complexity index is 1220. The van der Waals surface area contributed by atoms with Crippen LogP contribution in [0.1, 0.15) is 22.3 Å². The molecule has 0 unspecified atom stereocenters. The number of amides is 2. The number of hydrogen-bond acceptors (Lipinski definition) is 4. The van der Waals surface area contributed by atoms with Crippen molar-refractivity contribution in [2.45, 2.75) is 20.1 Å².